The highest BCUT2D eigenvalue weighted by atomic mass is 79.9. The fourth-order valence-electron chi connectivity index (χ4n) is 2.37. The molecule has 0 saturated heterocycles. The fraction of sp³-hybridized carbons (Fsp3) is 0.200. The van der Waals surface area contributed by atoms with E-state index in [0.717, 1.165) is 26.6 Å². The SMILES string of the molecule is O=C(CCSc1ccc(Br)cc1)Nc1cccc(OCCn2cccn2)c1. The van der Waals surface area contributed by atoms with Gasteiger partial charge in [0.15, 0.2) is 0 Å². The number of carbonyl (C=O) groups excluding carboxylic acids is 1. The molecule has 7 heteroatoms. The largest absolute Gasteiger partial charge is 0.492 e. The van der Waals surface area contributed by atoms with E-state index < -0.39 is 0 Å². The number of nitrogens with zero attached hydrogens (tertiary/aromatic N) is 2. The molecule has 2 aromatic carbocycles. The molecule has 1 N–H and O–H groups in total. The van der Waals surface area contributed by atoms with E-state index in [0.29, 0.717) is 19.6 Å². The van der Waals surface area contributed by atoms with E-state index in [1.54, 1.807) is 18.0 Å². The van der Waals surface area contributed by atoms with Gasteiger partial charge in [-0.3, -0.25) is 9.48 Å². The van der Waals surface area contributed by atoms with Crippen LogP contribution in [0.5, 0.6) is 5.75 Å². The van der Waals surface area contributed by atoms with Gasteiger partial charge < -0.3 is 10.1 Å². The molecule has 27 heavy (non-hydrogen) atoms. The first-order valence-electron chi connectivity index (χ1n) is 8.57. The Labute approximate surface area is 171 Å². The minimum atomic E-state index is -0.00620. The van der Waals surface area contributed by atoms with Gasteiger partial charge >= 0.3 is 0 Å². The number of thioether (sulfide) groups is 1. The molecule has 1 amide bonds. The highest BCUT2D eigenvalue weighted by molar-refractivity contribution is 9.10. The minimum Gasteiger partial charge on any atom is -0.492 e. The number of aromatic nitrogens is 2. The fourth-order valence-corrected chi connectivity index (χ4v) is 3.49. The third-order valence-electron chi connectivity index (χ3n) is 3.68. The zero-order valence-corrected chi connectivity index (χ0v) is 17.1. The molecular formula is C20H20BrN3O2S. The van der Waals surface area contributed by atoms with Gasteiger partial charge in [-0.25, -0.2) is 0 Å². The van der Waals surface area contributed by atoms with E-state index in [1.807, 2.05) is 65.5 Å². The van der Waals surface area contributed by atoms with Gasteiger partial charge in [-0.15, -0.1) is 11.8 Å². The molecule has 1 heterocycles. The summed E-state index contributed by atoms with van der Waals surface area (Å²) in [5, 5.41) is 7.06. The van der Waals surface area contributed by atoms with Crippen molar-refractivity contribution < 1.29 is 9.53 Å². The van der Waals surface area contributed by atoms with Crippen LogP contribution in [0.25, 0.3) is 0 Å². The normalized spacial score (nSPS) is 10.6. The number of halogens is 1. The summed E-state index contributed by atoms with van der Waals surface area (Å²) >= 11 is 5.08. The van der Waals surface area contributed by atoms with Crippen LogP contribution in [-0.4, -0.2) is 28.0 Å². The minimum absolute atomic E-state index is 0.00620. The lowest BCUT2D eigenvalue weighted by Gasteiger charge is -2.09. The molecule has 3 aromatic rings. The number of nitrogens with one attached hydrogen (secondary N) is 1. The monoisotopic (exact) mass is 445 g/mol. The predicted molar refractivity (Wildman–Crippen MR) is 112 cm³/mol. The summed E-state index contributed by atoms with van der Waals surface area (Å²) < 4.78 is 8.60. The first-order chi connectivity index (χ1) is 13.2. The van der Waals surface area contributed by atoms with Crippen LogP contribution in [0.15, 0.2) is 76.4 Å². The number of rotatable bonds is 9. The average molecular weight is 446 g/mol. The van der Waals surface area contributed by atoms with Crippen molar-refractivity contribution in [2.24, 2.45) is 0 Å². The number of amides is 1. The van der Waals surface area contributed by atoms with E-state index in [9.17, 15) is 4.79 Å². The summed E-state index contributed by atoms with van der Waals surface area (Å²) in [5.41, 5.74) is 0.741. The van der Waals surface area contributed by atoms with Gasteiger partial charge in [0.2, 0.25) is 5.91 Å². The molecule has 140 valence electrons. The van der Waals surface area contributed by atoms with Gasteiger partial charge in [0.25, 0.3) is 0 Å². The van der Waals surface area contributed by atoms with Gasteiger partial charge in [-0.2, -0.15) is 5.10 Å². The maximum atomic E-state index is 12.2. The quantitative estimate of drug-likeness (QED) is 0.478. The molecule has 0 unspecified atom stereocenters. The second-order valence-electron chi connectivity index (χ2n) is 5.75. The van der Waals surface area contributed by atoms with Gasteiger partial charge in [0, 0.05) is 45.7 Å². The summed E-state index contributed by atoms with van der Waals surface area (Å²) in [7, 11) is 0. The van der Waals surface area contributed by atoms with Gasteiger partial charge in [0.1, 0.15) is 12.4 Å². The van der Waals surface area contributed by atoms with Crippen molar-refractivity contribution in [1.29, 1.82) is 0 Å². The molecule has 3 rings (SSSR count). The second kappa shape index (κ2) is 10.2. The lowest BCUT2D eigenvalue weighted by Crippen LogP contribution is -2.12. The molecule has 0 spiro atoms. The van der Waals surface area contributed by atoms with Crippen molar-refractivity contribution in [1.82, 2.24) is 9.78 Å². The molecule has 0 radical (unpaired) electrons. The smallest absolute Gasteiger partial charge is 0.225 e. The number of anilines is 1. The van der Waals surface area contributed by atoms with Crippen molar-refractivity contribution in [3.05, 3.63) is 71.5 Å². The highest BCUT2D eigenvalue weighted by Crippen LogP contribution is 2.22. The number of ether oxygens (including phenoxy) is 1. The van der Waals surface area contributed by atoms with Crippen LogP contribution in [0.2, 0.25) is 0 Å². The molecule has 0 aliphatic rings. The summed E-state index contributed by atoms with van der Waals surface area (Å²) in [6, 6.07) is 17.4. The lowest BCUT2D eigenvalue weighted by atomic mass is 10.3. The Morgan fingerprint density at radius 2 is 2.04 bits per heavy atom. The van der Waals surface area contributed by atoms with Crippen LogP contribution < -0.4 is 10.1 Å². The second-order valence-corrected chi connectivity index (χ2v) is 7.83. The van der Waals surface area contributed by atoms with E-state index in [-0.39, 0.29) is 5.91 Å². The number of benzene rings is 2. The molecule has 0 fully saturated rings. The summed E-state index contributed by atoms with van der Waals surface area (Å²) in [4.78, 5) is 13.3. The van der Waals surface area contributed by atoms with Crippen LogP contribution in [0.4, 0.5) is 5.69 Å². The Morgan fingerprint density at radius 3 is 2.81 bits per heavy atom. The Hall–Kier alpha value is -2.25. The maximum Gasteiger partial charge on any atom is 0.225 e. The lowest BCUT2D eigenvalue weighted by molar-refractivity contribution is -0.115. The van der Waals surface area contributed by atoms with E-state index in [2.05, 4.69) is 26.3 Å². The molecule has 5 nitrogen and oxygen atoms in total. The first kappa shape index (κ1) is 19.5. The Balaban J connectivity index is 1.41. The van der Waals surface area contributed by atoms with Gasteiger partial charge in [0.05, 0.1) is 6.54 Å². The summed E-state index contributed by atoms with van der Waals surface area (Å²) in [6.07, 6.45) is 4.09. The molecule has 0 aliphatic heterocycles. The Kier molecular flexibility index (Phi) is 7.36. The topological polar surface area (TPSA) is 56.1 Å². The van der Waals surface area contributed by atoms with Crippen molar-refractivity contribution in [2.75, 3.05) is 17.7 Å². The van der Waals surface area contributed by atoms with Crippen LogP contribution in [0.1, 0.15) is 6.42 Å². The molecular weight excluding hydrogens is 426 g/mol. The van der Waals surface area contributed by atoms with Crippen LogP contribution in [0.3, 0.4) is 0 Å². The standard InChI is InChI=1S/C20H20BrN3O2S/c21-16-5-7-19(8-6-16)27-14-9-20(25)23-17-3-1-4-18(15-17)26-13-12-24-11-2-10-22-24/h1-8,10-11,15H,9,12-14H2,(H,23,25). The molecule has 0 aliphatic carbocycles. The van der Waals surface area contributed by atoms with Gasteiger partial charge in [-0.05, 0) is 42.5 Å². The van der Waals surface area contributed by atoms with Crippen molar-refractivity contribution >= 4 is 39.3 Å². The molecule has 0 bridgehead atoms. The van der Waals surface area contributed by atoms with Crippen LogP contribution in [0, 0.1) is 0 Å². The summed E-state index contributed by atoms with van der Waals surface area (Å²) in [6.45, 7) is 1.19. The Bertz CT molecular complexity index is 854. The average Bonchev–Trinajstić information content (AvgIpc) is 3.17. The van der Waals surface area contributed by atoms with E-state index in [4.69, 9.17) is 4.74 Å². The number of carbonyl (C=O) groups is 1. The predicted octanol–water partition coefficient (Wildman–Crippen LogP) is 4.85. The van der Waals surface area contributed by atoms with Crippen molar-refractivity contribution in [2.45, 2.75) is 17.9 Å². The first-order valence-corrected chi connectivity index (χ1v) is 10.4. The Morgan fingerprint density at radius 1 is 1.19 bits per heavy atom. The molecule has 0 saturated carbocycles. The van der Waals surface area contributed by atoms with Crippen molar-refractivity contribution in [3.8, 4) is 5.75 Å². The molecule has 0 atom stereocenters. The zero-order valence-electron chi connectivity index (χ0n) is 14.7. The zero-order chi connectivity index (χ0) is 18.9. The van der Waals surface area contributed by atoms with Crippen LogP contribution >= 0.6 is 27.7 Å². The van der Waals surface area contributed by atoms with E-state index in [1.165, 1.54) is 0 Å². The maximum absolute atomic E-state index is 12.2. The number of hydrogen-bond donors (Lipinski definition) is 1. The number of hydrogen-bond acceptors (Lipinski definition) is 4. The third kappa shape index (κ3) is 6.77. The van der Waals surface area contributed by atoms with Crippen molar-refractivity contribution in [3.63, 3.8) is 0 Å². The highest BCUT2D eigenvalue weighted by Gasteiger charge is 2.05. The van der Waals surface area contributed by atoms with Crippen LogP contribution in [-0.2, 0) is 11.3 Å². The summed E-state index contributed by atoms with van der Waals surface area (Å²) in [5.74, 6) is 1.45. The third-order valence-corrected chi connectivity index (χ3v) is 5.22. The van der Waals surface area contributed by atoms with Gasteiger partial charge in [-0.1, -0.05) is 22.0 Å². The molecule has 1 aromatic heterocycles. The van der Waals surface area contributed by atoms with E-state index >= 15 is 0 Å².